The second-order valence-electron chi connectivity index (χ2n) is 15.3. The highest BCUT2D eigenvalue weighted by molar-refractivity contribution is 5.98. The van der Waals surface area contributed by atoms with Gasteiger partial charge in [0.2, 0.25) is 11.8 Å². The number of pyridine rings is 1. The van der Waals surface area contributed by atoms with E-state index in [9.17, 15) is 19.2 Å². The molecule has 2 fully saturated rings. The van der Waals surface area contributed by atoms with Crippen LogP contribution in [0.5, 0.6) is 0 Å². The van der Waals surface area contributed by atoms with Crippen LogP contribution < -0.4 is 21.6 Å². The van der Waals surface area contributed by atoms with Gasteiger partial charge >= 0.3 is 11.8 Å². The van der Waals surface area contributed by atoms with Gasteiger partial charge in [0.25, 0.3) is 0 Å². The minimum atomic E-state index is -0.847. The molecular weight excluding hydrogens is 660 g/mol. The van der Waals surface area contributed by atoms with Gasteiger partial charge in [-0.25, -0.2) is 19.1 Å². The van der Waals surface area contributed by atoms with E-state index >= 15 is 0 Å². The van der Waals surface area contributed by atoms with Crippen molar-refractivity contribution in [3.63, 3.8) is 0 Å². The number of ether oxygens (including phenoxy) is 1. The third kappa shape index (κ3) is 8.35. The van der Waals surface area contributed by atoms with Gasteiger partial charge in [-0.2, -0.15) is 5.10 Å². The SMILES string of the molecule is Cc1cc2nc(C3CC3)nn2cc1-c1ccc(CC(NC(=O)C2CCC(CNC(=O)OC(C)(C)C)CC2)C(=O)Nc2ccc3[nH]c(=O)[nH]c3c2)cc1. The number of alkyl carbamates (subject to hydrolysis) is 1. The number of aryl methyl sites for hydroxylation is 1. The Bertz CT molecular complexity index is 2160. The fourth-order valence-corrected chi connectivity index (χ4v) is 6.92. The third-order valence-electron chi connectivity index (χ3n) is 9.91. The normalized spacial score (nSPS) is 18.2. The van der Waals surface area contributed by atoms with Gasteiger partial charge < -0.3 is 30.7 Å². The fourth-order valence-electron chi connectivity index (χ4n) is 6.92. The molecule has 2 saturated carbocycles. The molecule has 1 atom stereocenters. The molecule has 272 valence electrons. The van der Waals surface area contributed by atoms with Crippen LogP contribution in [0.3, 0.4) is 0 Å². The number of rotatable bonds is 10. The maximum absolute atomic E-state index is 13.8. The summed E-state index contributed by atoms with van der Waals surface area (Å²) in [6.45, 7) is 8.04. The first-order valence-electron chi connectivity index (χ1n) is 18.1. The number of aromatic nitrogens is 5. The van der Waals surface area contributed by atoms with E-state index in [0.29, 0.717) is 42.0 Å². The molecule has 0 spiro atoms. The molecule has 13 nitrogen and oxygen atoms in total. The van der Waals surface area contributed by atoms with Crippen molar-refractivity contribution in [3.8, 4) is 11.1 Å². The third-order valence-corrected chi connectivity index (χ3v) is 9.91. The Kier molecular flexibility index (Phi) is 9.60. The molecule has 1 unspecified atom stereocenters. The highest BCUT2D eigenvalue weighted by Gasteiger charge is 2.31. The summed E-state index contributed by atoms with van der Waals surface area (Å²) in [5.41, 5.74) is 5.70. The topological polar surface area (TPSA) is 175 Å². The molecule has 5 N–H and O–H groups in total. The number of H-pyrrole nitrogens is 2. The number of hydrogen-bond acceptors (Lipinski definition) is 7. The molecule has 3 aromatic heterocycles. The molecule has 52 heavy (non-hydrogen) atoms. The van der Waals surface area contributed by atoms with E-state index in [0.717, 1.165) is 59.4 Å². The van der Waals surface area contributed by atoms with Gasteiger partial charge in [0.05, 0.1) is 11.0 Å². The first-order chi connectivity index (χ1) is 24.9. The van der Waals surface area contributed by atoms with Crippen LogP contribution in [0, 0.1) is 18.8 Å². The summed E-state index contributed by atoms with van der Waals surface area (Å²) in [7, 11) is 0. The fraction of sp³-hybridized carbons (Fsp3) is 0.436. The number of anilines is 1. The lowest BCUT2D eigenvalue weighted by Gasteiger charge is -2.29. The molecule has 3 amide bonds. The van der Waals surface area contributed by atoms with Crippen LogP contribution >= 0.6 is 0 Å². The van der Waals surface area contributed by atoms with Crippen molar-refractivity contribution in [2.24, 2.45) is 11.8 Å². The molecule has 2 aliphatic rings. The molecule has 0 radical (unpaired) electrons. The van der Waals surface area contributed by atoms with Gasteiger partial charge in [0.15, 0.2) is 11.5 Å². The summed E-state index contributed by atoms with van der Waals surface area (Å²) in [4.78, 5) is 61.5. The molecule has 5 aromatic rings. The van der Waals surface area contributed by atoms with Gasteiger partial charge in [-0.3, -0.25) is 9.59 Å². The quantitative estimate of drug-likeness (QED) is 0.123. The minimum Gasteiger partial charge on any atom is -0.444 e. The monoisotopic (exact) mass is 706 g/mol. The lowest BCUT2D eigenvalue weighted by atomic mass is 9.81. The van der Waals surface area contributed by atoms with E-state index in [2.05, 4.69) is 38.9 Å². The predicted molar refractivity (Wildman–Crippen MR) is 198 cm³/mol. The largest absolute Gasteiger partial charge is 0.444 e. The Labute approximate surface area is 301 Å². The van der Waals surface area contributed by atoms with E-state index in [1.807, 2.05) is 55.7 Å². The first kappa shape index (κ1) is 35.0. The Morgan fingerprint density at radius 1 is 0.962 bits per heavy atom. The number of nitrogens with zero attached hydrogens (tertiary/aromatic N) is 3. The summed E-state index contributed by atoms with van der Waals surface area (Å²) < 4.78 is 7.20. The van der Waals surface area contributed by atoms with Crippen molar-refractivity contribution in [2.75, 3.05) is 11.9 Å². The summed E-state index contributed by atoms with van der Waals surface area (Å²) in [5, 5.41) is 13.6. The Morgan fingerprint density at radius 2 is 1.69 bits per heavy atom. The van der Waals surface area contributed by atoms with Crippen LogP contribution in [0.4, 0.5) is 10.5 Å². The van der Waals surface area contributed by atoms with Crippen LogP contribution in [0.25, 0.3) is 27.8 Å². The summed E-state index contributed by atoms with van der Waals surface area (Å²) in [6.07, 6.45) is 7.02. The predicted octanol–water partition coefficient (Wildman–Crippen LogP) is 5.75. The van der Waals surface area contributed by atoms with Crippen LogP contribution in [-0.4, -0.2) is 60.7 Å². The van der Waals surface area contributed by atoms with Gasteiger partial charge in [-0.1, -0.05) is 24.3 Å². The van der Waals surface area contributed by atoms with Crippen molar-refractivity contribution >= 4 is 40.3 Å². The molecule has 2 aromatic carbocycles. The zero-order valence-electron chi connectivity index (χ0n) is 30.0. The van der Waals surface area contributed by atoms with E-state index in [1.165, 1.54) is 0 Å². The average molecular weight is 707 g/mol. The molecule has 0 aliphatic heterocycles. The Morgan fingerprint density at radius 3 is 2.40 bits per heavy atom. The zero-order chi connectivity index (χ0) is 36.6. The highest BCUT2D eigenvalue weighted by Crippen LogP contribution is 2.38. The molecule has 7 rings (SSSR count). The maximum Gasteiger partial charge on any atom is 0.407 e. The van der Waals surface area contributed by atoms with Gasteiger partial charge in [0.1, 0.15) is 11.6 Å². The first-order valence-corrected chi connectivity index (χ1v) is 18.1. The highest BCUT2D eigenvalue weighted by atomic mass is 16.6. The molecule has 0 saturated heterocycles. The summed E-state index contributed by atoms with van der Waals surface area (Å²) in [6, 6.07) is 14.4. The Hall–Kier alpha value is -5.46. The van der Waals surface area contributed by atoms with E-state index in [-0.39, 0.29) is 35.8 Å². The molecule has 0 bridgehead atoms. The maximum atomic E-state index is 13.8. The summed E-state index contributed by atoms with van der Waals surface area (Å²) >= 11 is 0. The molecular formula is C39H46N8O5. The van der Waals surface area contributed by atoms with Crippen LogP contribution in [-0.2, 0) is 20.7 Å². The van der Waals surface area contributed by atoms with E-state index < -0.39 is 17.7 Å². The molecule has 2 aliphatic carbocycles. The van der Waals surface area contributed by atoms with Crippen LogP contribution in [0.1, 0.15) is 82.2 Å². The smallest absolute Gasteiger partial charge is 0.407 e. The number of amides is 3. The van der Waals surface area contributed by atoms with Crippen molar-refractivity contribution in [2.45, 2.75) is 90.2 Å². The molecule has 3 heterocycles. The number of nitrogens with one attached hydrogen (secondary N) is 5. The standard InChI is InChI=1S/C39H46N8O5/c1-22-17-33-45-34(26-13-14-26)46-47(33)21-29(22)25-9-5-23(6-10-25)18-32(36(49)41-28-15-16-30-31(19-28)44-37(50)43-30)42-35(48)27-11-7-24(8-12-27)20-40-38(51)52-39(2,3)4/h5-6,9-10,15-17,19,21,24,26-27,32H,7-8,11-14,18,20H2,1-4H3,(H,40,51)(H,41,49)(H,42,48)(H2,43,44,50). The second kappa shape index (κ2) is 14.3. The average Bonchev–Trinajstić information content (AvgIpc) is 3.76. The number of aromatic amines is 2. The number of fused-ring (bicyclic) bond motifs is 2. The van der Waals surface area contributed by atoms with Crippen LogP contribution in [0.2, 0.25) is 0 Å². The van der Waals surface area contributed by atoms with Gasteiger partial charge in [0, 0.05) is 42.2 Å². The number of benzene rings is 2. The zero-order valence-corrected chi connectivity index (χ0v) is 30.0. The summed E-state index contributed by atoms with van der Waals surface area (Å²) in [5.74, 6) is 0.858. The number of imidazole rings is 1. The van der Waals surface area contributed by atoms with Crippen molar-refractivity contribution in [1.82, 2.24) is 35.2 Å². The second-order valence-corrected chi connectivity index (χ2v) is 15.3. The Balaban J connectivity index is 1.03. The van der Waals surface area contributed by atoms with E-state index in [4.69, 9.17) is 14.8 Å². The van der Waals surface area contributed by atoms with Gasteiger partial charge in [-0.15, -0.1) is 0 Å². The van der Waals surface area contributed by atoms with E-state index in [1.54, 1.807) is 18.2 Å². The number of carbonyl (C=O) groups excluding carboxylic acids is 3. The van der Waals surface area contributed by atoms with Crippen LogP contribution in [0.15, 0.2) is 59.5 Å². The number of hydrogen-bond donors (Lipinski definition) is 5. The lowest BCUT2D eigenvalue weighted by Crippen LogP contribution is -2.48. The van der Waals surface area contributed by atoms with Gasteiger partial charge in [-0.05, 0) is 113 Å². The van der Waals surface area contributed by atoms with Crippen molar-refractivity contribution in [3.05, 3.63) is 82.2 Å². The number of carbonyl (C=O) groups is 3. The minimum absolute atomic E-state index is 0.164. The molecule has 13 heteroatoms. The van der Waals surface area contributed by atoms with Crippen molar-refractivity contribution < 1.29 is 19.1 Å². The van der Waals surface area contributed by atoms with Crippen molar-refractivity contribution in [1.29, 1.82) is 0 Å². The lowest BCUT2D eigenvalue weighted by molar-refractivity contribution is -0.130.